The van der Waals surface area contributed by atoms with Crippen LogP contribution in [0.25, 0.3) is 0 Å². The van der Waals surface area contributed by atoms with Gasteiger partial charge in [0, 0.05) is 18.4 Å². The number of carbonyl (C=O) groups is 1. The normalized spacial score (nSPS) is 10.2. The van der Waals surface area contributed by atoms with Gasteiger partial charge < -0.3 is 10.7 Å². The Morgan fingerprint density at radius 1 is 1.38 bits per heavy atom. The van der Waals surface area contributed by atoms with Crippen molar-refractivity contribution in [3.05, 3.63) is 59.2 Å². The fraction of sp³-hybridized carbons (Fsp3) is 0.200. The van der Waals surface area contributed by atoms with Gasteiger partial charge in [-0.05, 0) is 31.0 Å². The van der Waals surface area contributed by atoms with Crippen LogP contribution in [0.4, 0.5) is 10.1 Å². The summed E-state index contributed by atoms with van der Waals surface area (Å²) in [6, 6.07) is 8.18. The van der Waals surface area contributed by atoms with E-state index < -0.39 is 0 Å². The largest absolute Gasteiger partial charge is 0.352 e. The van der Waals surface area contributed by atoms with Crippen molar-refractivity contribution in [1.82, 2.24) is 10.3 Å². The number of benzene rings is 1. The maximum atomic E-state index is 13.5. The van der Waals surface area contributed by atoms with E-state index in [4.69, 9.17) is 5.84 Å². The molecule has 1 aromatic heterocycles. The number of nitrogens with one attached hydrogen (secondary N) is 2. The van der Waals surface area contributed by atoms with E-state index in [1.54, 1.807) is 31.2 Å². The molecule has 0 bridgehead atoms. The van der Waals surface area contributed by atoms with Crippen LogP contribution in [0.1, 0.15) is 21.6 Å². The number of hydrogen-bond donors (Lipinski definition) is 3. The highest BCUT2D eigenvalue weighted by Crippen LogP contribution is 2.14. The van der Waals surface area contributed by atoms with E-state index in [0.29, 0.717) is 29.8 Å². The molecule has 1 amide bonds. The quantitative estimate of drug-likeness (QED) is 0.579. The standard InChI is InChI=1S/C15H17FN4O/c1-10-8-14(20-17)12(9-19-10)15(21)18-7-6-11-4-2-3-5-13(11)16/h2-5,8-9H,6-7,17H2,1H3,(H,18,21)(H,19,20). The lowest BCUT2D eigenvalue weighted by atomic mass is 10.1. The van der Waals surface area contributed by atoms with Crippen LogP contribution in [0.2, 0.25) is 0 Å². The predicted molar refractivity (Wildman–Crippen MR) is 79.2 cm³/mol. The third-order valence-electron chi connectivity index (χ3n) is 3.08. The molecule has 0 aliphatic carbocycles. The first-order valence-electron chi connectivity index (χ1n) is 6.56. The maximum absolute atomic E-state index is 13.5. The molecule has 2 aromatic rings. The van der Waals surface area contributed by atoms with Crippen LogP contribution in [0.5, 0.6) is 0 Å². The van der Waals surface area contributed by atoms with Gasteiger partial charge in [0.05, 0.1) is 11.3 Å². The average Bonchev–Trinajstić information content (AvgIpc) is 2.48. The van der Waals surface area contributed by atoms with Crippen LogP contribution >= 0.6 is 0 Å². The van der Waals surface area contributed by atoms with Gasteiger partial charge in [-0.25, -0.2) is 4.39 Å². The van der Waals surface area contributed by atoms with Crippen LogP contribution in [0, 0.1) is 12.7 Å². The second-order valence-electron chi connectivity index (χ2n) is 4.61. The molecule has 0 fully saturated rings. The second kappa shape index (κ2) is 6.81. The number of nitrogens with zero attached hydrogens (tertiary/aromatic N) is 1. The highest BCUT2D eigenvalue weighted by molar-refractivity contribution is 5.99. The average molecular weight is 288 g/mol. The van der Waals surface area contributed by atoms with Crippen LogP contribution in [-0.2, 0) is 6.42 Å². The molecule has 5 nitrogen and oxygen atoms in total. The number of rotatable bonds is 5. The minimum absolute atomic E-state index is 0.270. The van der Waals surface area contributed by atoms with Crippen LogP contribution in [0.3, 0.4) is 0 Å². The number of aromatic nitrogens is 1. The summed E-state index contributed by atoms with van der Waals surface area (Å²) in [6.45, 7) is 2.14. The molecule has 2 rings (SSSR count). The van der Waals surface area contributed by atoms with Crippen molar-refractivity contribution in [2.45, 2.75) is 13.3 Å². The highest BCUT2D eigenvalue weighted by Gasteiger charge is 2.11. The number of carbonyl (C=O) groups excluding carboxylic acids is 1. The van der Waals surface area contributed by atoms with Crippen molar-refractivity contribution in [2.75, 3.05) is 12.0 Å². The minimum atomic E-state index is -0.299. The smallest absolute Gasteiger partial charge is 0.255 e. The van der Waals surface area contributed by atoms with Crippen molar-refractivity contribution < 1.29 is 9.18 Å². The van der Waals surface area contributed by atoms with E-state index in [9.17, 15) is 9.18 Å². The molecule has 0 aliphatic heterocycles. The van der Waals surface area contributed by atoms with Gasteiger partial charge >= 0.3 is 0 Å². The van der Waals surface area contributed by atoms with Crippen molar-refractivity contribution in [2.24, 2.45) is 5.84 Å². The van der Waals surface area contributed by atoms with E-state index in [1.807, 2.05) is 0 Å². The fourth-order valence-corrected chi connectivity index (χ4v) is 1.97. The Labute approximate surface area is 122 Å². The van der Waals surface area contributed by atoms with Gasteiger partial charge in [0.2, 0.25) is 0 Å². The third-order valence-corrected chi connectivity index (χ3v) is 3.08. The lowest BCUT2D eigenvalue weighted by Crippen LogP contribution is -2.27. The summed E-state index contributed by atoms with van der Waals surface area (Å²) in [5.41, 5.74) is 4.66. The summed E-state index contributed by atoms with van der Waals surface area (Å²) in [5, 5.41) is 2.73. The molecule has 1 aromatic carbocycles. The van der Waals surface area contributed by atoms with Gasteiger partial charge in [-0.1, -0.05) is 18.2 Å². The van der Waals surface area contributed by atoms with Crippen LogP contribution < -0.4 is 16.6 Å². The van der Waals surface area contributed by atoms with Gasteiger partial charge in [0.25, 0.3) is 5.91 Å². The third kappa shape index (κ3) is 3.76. The van der Waals surface area contributed by atoms with Crippen molar-refractivity contribution in [3.8, 4) is 0 Å². The Balaban J connectivity index is 1.98. The molecule has 0 saturated heterocycles. The number of hydrazine groups is 1. The van der Waals surface area contributed by atoms with E-state index in [0.717, 1.165) is 5.69 Å². The zero-order chi connectivity index (χ0) is 15.2. The highest BCUT2D eigenvalue weighted by atomic mass is 19.1. The molecule has 0 aliphatic rings. The van der Waals surface area contributed by atoms with E-state index in [-0.39, 0.29) is 11.7 Å². The molecule has 4 N–H and O–H groups in total. The number of aryl methyl sites for hydroxylation is 1. The summed E-state index contributed by atoms with van der Waals surface area (Å²) in [4.78, 5) is 16.1. The zero-order valence-corrected chi connectivity index (χ0v) is 11.7. The Morgan fingerprint density at radius 3 is 2.86 bits per heavy atom. The number of pyridine rings is 1. The molecular formula is C15H17FN4O. The lowest BCUT2D eigenvalue weighted by Gasteiger charge is -2.10. The SMILES string of the molecule is Cc1cc(NN)c(C(=O)NCCc2ccccc2F)cn1. The van der Waals surface area contributed by atoms with E-state index in [1.165, 1.54) is 12.3 Å². The van der Waals surface area contributed by atoms with Gasteiger partial charge in [0.15, 0.2) is 0 Å². The Bertz CT molecular complexity index is 645. The summed E-state index contributed by atoms with van der Waals surface area (Å²) >= 11 is 0. The molecule has 21 heavy (non-hydrogen) atoms. The first-order chi connectivity index (χ1) is 10.1. The number of halogens is 1. The molecule has 1 heterocycles. The van der Waals surface area contributed by atoms with Crippen LogP contribution in [0.15, 0.2) is 36.5 Å². The Kier molecular flexibility index (Phi) is 4.84. The van der Waals surface area contributed by atoms with Crippen molar-refractivity contribution in [1.29, 1.82) is 0 Å². The number of nitrogens with two attached hydrogens (primary N) is 1. The van der Waals surface area contributed by atoms with Crippen LogP contribution in [-0.4, -0.2) is 17.4 Å². The van der Waals surface area contributed by atoms with Crippen molar-refractivity contribution >= 4 is 11.6 Å². The molecule has 0 spiro atoms. The molecule has 0 saturated carbocycles. The predicted octanol–water partition coefficient (Wildman–Crippen LogP) is 1.79. The first kappa shape index (κ1) is 14.9. The number of amides is 1. The Hall–Kier alpha value is -2.47. The molecule has 0 atom stereocenters. The summed E-state index contributed by atoms with van der Waals surface area (Å²) in [6.07, 6.45) is 1.88. The minimum Gasteiger partial charge on any atom is -0.352 e. The fourth-order valence-electron chi connectivity index (χ4n) is 1.97. The van der Waals surface area contributed by atoms with E-state index in [2.05, 4.69) is 15.7 Å². The van der Waals surface area contributed by atoms with Gasteiger partial charge in [-0.3, -0.25) is 15.6 Å². The monoisotopic (exact) mass is 288 g/mol. The molecule has 0 radical (unpaired) electrons. The number of nitrogen functional groups attached to an aromatic ring is 1. The summed E-state index contributed by atoms with van der Waals surface area (Å²) in [5.74, 6) is 4.82. The van der Waals surface area contributed by atoms with Gasteiger partial charge in [-0.2, -0.15) is 0 Å². The number of hydrogen-bond acceptors (Lipinski definition) is 4. The topological polar surface area (TPSA) is 80.0 Å². The summed E-state index contributed by atoms with van der Waals surface area (Å²) < 4.78 is 13.5. The first-order valence-corrected chi connectivity index (χ1v) is 6.56. The van der Waals surface area contributed by atoms with Gasteiger partial charge in [0.1, 0.15) is 5.82 Å². The summed E-state index contributed by atoms with van der Waals surface area (Å²) in [7, 11) is 0. The van der Waals surface area contributed by atoms with E-state index >= 15 is 0 Å². The maximum Gasteiger partial charge on any atom is 0.255 e. The molecule has 110 valence electrons. The second-order valence-corrected chi connectivity index (χ2v) is 4.61. The lowest BCUT2D eigenvalue weighted by molar-refractivity contribution is 0.0954. The van der Waals surface area contributed by atoms with Gasteiger partial charge in [-0.15, -0.1) is 0 Å². The number of anilines is 1. The molecule has 6 heteroatoms. The van der Waals surface area contributed by atoms with Crippen molar-refractivity contribution in [3.63, 3.8) is 0 Å². The molecule has 0 unspecified atom stereocenters. The molecular weight excluding hydrogens is 271 g/mol. The zero-order valence-electron chi connectivity index (χ0n) is 11.7. The Morgan fingerprint density at radius 2 is 2.14 bits per heavy atom.